The first-order valence-corrected chi connectivity index (χ1v) is 5.33. The quantitative estimate of drug-likeness (QED) is 0.572. The number of amides is 1. The zero-order valence-corrected chi connectivity index (χ0v) is 9.40. The van der Waals surface area contributed by atoms with Gasteiger partial charge in [0.05, 0.1) is 11.0 Å². The Morgan fingerprint density at radius 1 is 1.53 bits per heavy atom. The molecule has 1 aromatic rings. The van der Waals surface area contributed by atoms with E-state index in [4.69, 9.17) is 0 Å². The van der Waals surface area contributed by atoms with Gasteiger partial charge in [-0.25, -0.2) is 0 Å². The molecule has 1 heterocycles. The highest BCUT2D eigenvalue weighted by molar-refractivity contribution is 5.82. The molecule has 17 heavy (non-hydrogen) atoms. The maximum Gasteiger partial charge on any atom is 0.269 e. The van der Waals surface area contributed by atoms with E-state index in [-0.39, 0.29) is 17.6 Å². The van der Waals surface area contributed by atoms with Gasteiger partial charge in [-0.2, -0.15) is 0 Å². The van der Waals surface area contributed by atoms with Crippen molar-refractivity contribution >= 4 is 11.6 Å². The zero-order chi connectivity index (χ0) is 12.4. The number of nitro groups is 1. The highest BCUT2D eigenvalue weighted by atomic mass is 16.6. The summed E-state index contributed by atoms with van der Waals surface area (Å²) >= 11 is 0. The van der Waals surface area contributed by atoms with Crippen molar-refractivity contribution in [2.45, 2.75) is 19.0 Å². The number of non-ortho nitro benzene ring substituents is 1. The fourth-order valence-electron chi connectivity index (χ4n) is 1.97. The van der Waals surface area contributed by atoms with Crippen molar-refractivity contribution in [3.05, 3.63) is 39.4 Å². The van der Waals surface area contributed by atoms with Gasteiger partial charge in [0.15, 0.2) is 0 Å². The van der Waals surface area contributed by atoms with Gasteiger partial charge in [-0.1, -0.05) is 6.07 Å². The number of benzene rings is 1. The van der Waals surface area contributed by atoms with Gasteiger partial charge in [-0.3, -0.25) is 14.9 Å². The van der Waals surface area contributed by atoms with Crippen LogP contribution in [-0.4, -0.2) is 23.9 Å². The van der Waals surface area contributed by atoms with E-state index >= 15 is 0 Å². The first kappa shape index (κ1) is 11.5. The second-order valence-electron chi connectivity index (χ2n) is 3.96. The molecule has 0 spiro atoms. The maximum absolute atomic E-state index is 11.5. The van der Waals surface area contributed by atoms with Crippen LogP contribution in [0.2, 0.25) is 0 Å². The molecule has 6 heteroatoms. The SMILES string of the molecule is CNC(=O)C1Cc2ccc([N+](=O)[O-])cc2CN1. The summed E-state index contributed by atoms with van der Waals surface area (Å²) in [6.07, 6.45) is 0.563. The lowest BCUT2D eigenvalue weighted by Gasteiger charge is -2.24. The number of carbonyl (C=O) groups excluding carboxylic acids is 1. The van der Waals surface area contributed by atoms with Crippen molar-refractivity contribution < 1.29 is 9.72 Å². The molecule has 1 aliphatic heterocycles. The molecule has 0 fully saturated rings. The average Bonchev–Trinajstić information content (AvgIpc) is 2.36. The predicted molar refractivity (Wildman–Crippen MR) is 61.5 cm³/mol. The third-order valence-electron chi connectivity index (χ3n) is 2.93. The second-order valence-corrected chi connectivity index (χ2v) is 3.96. The van der Waals surface area contributed by atoms with Gasteiger partial charge in [0.25, 0.3) is 5.69 Å². The lowest BCUT2D eigenvalue weighted by molar-refractivity contribution is -0.384. The molecule has 1 unspecified atom stereocenters. The highest BCUT2D eigenvalue weighted by Gasteiger charge is 2.24. The van der Waals surface area contributed by atoms with E-state index in [1.807, 2.05) is 0 Å². The first-order chi connectivity index (χ1) is 8.11. The molecule has 2 N–H and O–H groups in total. The largest absolute Gasteiger partial charge is 0.358 e. The molecule has 2 rings (SSSR count). The summed E-state index contributed by atoms with van der Waals surface area (Å²) in [5.74, 6) is -0.0611. The van der Waals surface area contributed by atoms with Gasteiger partial charge >= 0.3 is 0 Å². The van der Waals surface area contributed by atoms with E-state index in [0.29, 0.717) is 13.0 Å². The molecular formula is C11H13N3O3. The van der Waals surface area contributed by atoms with Crippen molar-refractivity contribution in [3.8, 4) is 0 Å². The Morgan fingerprint density at radius 2 is 2.29 bits per heavy atom. The van der Waals surface area contributed by atoms with E-state index in [2.05, 4.69) is 10.6 Å². The molecule has 1 atom stereocenters. The van der Waals surface area contributed by atoms with E-state index in [1.165, 1.54) is 6.07 Å². The number of likely N-dealkylation sites (N-methyl/N-ethyl adjacent to an activating group) is 1. The molecule has 1 amide bonds. The smallest absolute Gasteiger partial charge is 0.269 e. The van der Waals surface area contributed by atoms with E-state index < -0.39 is 4.92 Å². The number of nitro benzene ring substituents is 1. The molecule has 0 bridgehead atoms. The number of rotatable bonds is 2. The van der Waals surface area contributed by atoms with Crippen LogP contribution in [0.1, 0.15) is 11.1 Å². The van der Waals surface area contributed by atoms with E-state index in [1.54, 1.807) is 19.2 Å². The van der Waals surface area contributed by atoms with Gasteiger partial charge in [0.2, 0.25) is 5.91 Å². The number of nitrogens with one attached hydrogen (secondary N) is 2. The highest BCUT2D eigenvalue weighted by Crippen LogP contribution is 2.22. The normalized spacial score (nSPS) is 18.3. The maximum atomic E-state index is 11.5. The van der Waals surface area contributed by atoms with E-state index in [9.17, 15) is 14.9 Å². The van der Waals surface area contributed by atoms with Crippen LogP contribution < -0.4 is 10.6 Å². The Bertz CT molecular complexity index is 473. The molecule has 1 aliphatic rings. The molecule has 6 nitrogen and oxygen atoms in total. The Kier molecular flexibility index (Phi) is 3.06. The summed E-state index contributed by atoms with van der Waals surface area (Å²) in [7, 11) is 1.59. The molecule has 0 aliphatic carbocycles. The third-order valence-corrected chi connectivity index (χ3v) is 2.93. The van der Waals surface area contributed by atoms with Gasteiger partial charge < -0.3 is 10.6 Å². The Hall–Kier alpha value is -1.95. The topological polar surface area (TPSA) is 84.3 Å². The van der Waals surface area contributed by atoms with Crippen molar-refractivity contribution in [1.82, 2.24) is 10.6 Å². The fourth-order valence-corrected chi connectivity index (χ4v) is 1.97. The van der Waals surface area contributed by atoms with Crippen LogP contribution in [0.15, 0.2) is 18.2 Å². The summed E-state index contributed by atoms with van der Waals surface area (Å²) < 4.78 is 0. The summed E-state index contributed by atoms with van der Waals surface area (Å²) in [5.41, 5.74) is 1.96. The van der Waals surface area contributed by atoms with Gasteiger partial charge in [-0.15, -0.1) is 0 Å². The number of hydrogen-bond acceptors (Lipinski definition) is 4. The molecule has 0 radical (unpaired) electrons. The van der Waals surface area contributed by atoms with Crippen LogP contribution in [0, 0.1) is 10.1 Å². The van der Waals surface area contributed by atoms with Gasteiger partial charge in [-0.05, 0) is 17.5 Å². The van der Waals surface area contributed by atoms with Crippen LogP contribution in [0.5, 0.6) is 0 Å². The van der Waals surface area contributed by atoms with Crippen molar-refractivity contribution in [3.63, 3.8) is 0 Å². The first-order valence-electron chi connectivity index (χ1n) is 5.33. The molecule has 90 valence electrons. The third kappa shape index (κ3) is 2.26. The van der Waals surface area contributed by atoms with Crippen LogP contribution in [-0.2, 0) is 17.8 Å². The van der Waals surface area contributed by atoms with Gasteiger partial charge in [0.1, 0.15) is 0 Å². The summed E-state index contributed by atoms with van der Waals surface area (Å²) in [5, 5.41) is 16.3. The van der Waals surface area contributed by atoms with E-state index in [0.717, 1.165) is 11.1 Å². The Labute approximate surface area is 98.2 Å². The van der Waals surface area contributed by atoms with Crippen LogP contribution in [0.25, 0.3) is 0 Å². The number of nitrogens with zero attached hydrogens (tertiary/aromatic N) is 1. The lowest BCUT2D eigenvalue weighted by atomic mass is 9.95. The van der Waals surface area contributed by atoms with Crippen molar-refractivity contribution in [2.24, 2.45) is 0 Å². The van der Waals surface area contributed by atoms with Crippen LogP contribution in [0.3, 0.4) is 0 Å². The van der Waals surface area contributed by atoms with Crippen molar-refractivity contribution in [1.29, 1.82) is 0 Å². The monoisotopic (exact) mass is 235 g/mol. The summed E-state index contributed by atoms with van der Waals surface area (Å²) in [4.78, 5) is 21.7. The minimum absolute atomic E-state index is 0.0611. The minimum Gasteiger partial charge on any atom is -0.358 e. The van der Waals surface area contributed by atoms with Crippen molar-refractivity contribution in [2.75, 3.05) is 7.05 Å². The standard InChI is InChI=1S/C11H13N3O3/c1-12-11(15)10-5-7-2-3-9(14(16)17)4-8(7)6-13-10/h2-4,10,13H,5-6H2,1H3,(H,12,15). The number of hydrogen-bond donors (Lipinski definition) is 2. The molecule has 0 saturated heterocycles. The average molecular weight is 235 g/mol. The van der Waals surface area contributed by atoms with Crippen LogP contribution >= 0.6 is 0 Å². The summed E-state index contributed by atoms with van der Waals surface area (Å²) in [6, 6.07) is 4.51. The number of carbonyl (C=O) groups is 1. The Balaban J connectivity index is 2.23. The lowest BCUT2D eigenvalue weighted by Crippen LogP contribution is -2.46. The minimum atomic E-state index is -0.412. The summed E-state index contributed by atoms with van der Waals surface area (Å²) in [6.45, 7) is 0.481. The molecule has 0 saturated carbocycles. The van der Waals surface area contributed by atoms with Crippen LogP contribution in [0.4, 0.5) is 5.69 Å². The molecule has 0 aromatic heterocycles. The fraction of sp³-hybridized carbons (Fsp3) is 0.364. The van der Waals surface area contributed by atoms with Gasteiger partial charge in [0, 0.05) is 25.7 Å². The second kappa shape index (κ2) is 4.50. The molecular weight excluding hydrogens is 222 g/mol. The predicted octanol–water partition coefficient (Wildman–Crippen LogP) is 0.355. The Morgan fingerprint density at radius 3 is 2.94 bits per heavy atom. The molecule has 1 aromatic carbocycles. The zero-order valence-electron chi connectivity index (χ0n) is 9.40. The number of fused-ring (bicyclic) bond motifs is 1.